The van der Waals surface area contributed by atoms with Crippen LogP contribution in [0.3, 0.4) is 0 Å². The number of alkyl halides is 3. The molecule has 3 aromatic carbocycles. The highest BCUT2D eigenvalue weighted by atomic mass is 35.5. The van der Waals surface area contributed by atoms with E-state index >= 15 is 0 Å². The highest BCUT2D eigenvalue weighted by Gasteiger charge is 2.68. The van der Waals surface area contributed by atoms with Crippen molar-refractivity contribution in [3.05, 3.63) is 94.0 Å². The number of halogens is 5. The van der Waals surface area contributed by atoms with Crippen LogP contribution in [0, 0.1) is 11.8 Å². The van der Waals surface area contributed by atoms with E-state index in [0.29, 0.717) is 10.0 Å². The van der Waals surface area contributed by atoms with Gasteiger partial charge in [0.05, 0.1) is 29.0 Å². The number of nitrogens with zero attached hydrogens (tertiary/aromatic N) is 1. The average Bonchev–Trinajstić information content (AvgIpc) is 3.43. The molecule has 13 heteroatoms. The van der Waals surface area contributed by atoms with Crippen molar-refractivity contribution >= 4 is 47.0 Å². The topological polar surface area (TPSA) is 113 Å². The number of carboxylic acids is 1. The maximum Gasteiger partial charge on any atom is 0.490 e. The zero-order valence-electron chi connectivity index (χ0n) is 22.7. The molecule has 0 aliphatic carbocycles. The Labute approximate surface area is 254 Å². The highest BCUT2D eigenvalue weighted by Crippen LogP contribution is 2.50. The summed E-state index contributed by atoms with van der Waals surface area (Å²) in [6.45, 7) is 0. The van der Waals surface area contributed by atoms with Gasteiger partial charge in [-0.15, -0.1) is 0 Å². The number of nitrogens with one attached hydrogen (secondary N) is 1. The molecule has 4 atom stereocenters. The first-order valence-electron chi connectivity index (χ1n) is 12.8. The summed E-state index contributed by atoms with van der Waals surface area (Å²) >= 11 is 12.2. The monoisotopic (exact) mass is 636 g/mol. The van der Waals surface area contributed by atoms with E-state index < -0.39 is 41.5 Å². The molecule has 2 saturated heterocycles. The van der Waals surface area contributed by atoms with Crippen LogP contribution in [0.1, 0.15) is 17.2 Å². The van der Waals surface area contributed by atoms with Crippen LogP contribution in [0.15, 0.2) is 72.8 Å². The van der Waals surface area contributed by atoms with E-state index in [2.05, 4.69) is 5.32 Å². The number of fused-ring (bicyclic) bond motifs is 1. The largest absolute Gasteiger partial charge is 0.490 e. The number of imide groups is 1. The van der Waals surface area contributed by atoms with E-state index in [-0.39, 0.29) is 18.2 Å². The first-order chi connectivity index (χ1) is 20.2. The zero-order valence-corrected chi connectivity index (χ0v) is 24.2. The van der Waals surface area contributed by atoms with E-state index in [4.69, 9.17) is 37.8 Å². The Morgan fingerprint density at radius 2 is 1.53 bits per heavy atom. The van der Waals surface area contributed by atoms with Crippen LogP contribution in [0.2, 0.25) is 10.0 Å². The summed E-state index contributed by atoms with van der Waals surface area (Å²) in [6.07, 6.45) is -4.87. The molecule has 3 aromatic rings. The second kappa shape index (κ2) is 12.4. The molecule has 0 aromatic heterocycles. The van der Waals surface area contributed by atoms with Crippen LogP contribution in [0.25, 0.3) is 11.1 Å². The number of rotatable bonds is 5. The summed E-state index contributed by atoms with van der Waals surface area (Å²) < 4.78 is 36.9. The van der Waals surface area contributed by atoms with E-state index in [1.54, 1.807) is 12.1 Å². The smallest absolute Gasteiger partial charge is 0.475 e. The summed E-state index contributed by atoms with van der Waals surface area (Å²) in [4.78, 5) is 50.0. The van der Waals surface area contributed by atoms with Gasteiger partial charge in [0.25, 0.3) is 0 Å². The summed E-state index contributed by atoms with van der Waals surface area (Å²) in [5.41, 5.74) is 2.09. The molecule has 0 spiro atoms. The van der Waals surface area contributed by atoms with Crippen molar-refractivity contribution in [2.75, 3.05) is 14.2 Å². The number of esters is 1. The lowest BCUT2D eigenvalue weighted by atomic mass is 9.76. The van der Waals surface area contributed by atoms with Crippen molar-refractivity contribution in [2.45, 2.75) is 24.2 Å². The molecular formula is C30H25Cl2F3N2O6. The molecule has 43 heavy (non-hydrogen) atoms. The molecule has 2 aliphatic rings. The molecule has 2 heterocycles. The predicted molar refractivity (Wildman–Crippen MR) is 151 cm³/mol. The first kappa shape index (κ1) is 32.0. The van der Waals surface area contributed by atoms with Gasteiger partial charge >= 0.3 is 18.1 Å². The van der Waals surface area contributed by atoms with Crippen molar-refractivity contribution in [1.29, 1.82) is 0 Å². The number of likely N-dealkylation sites (tertiary alicyclic amines) is 1. The quantitative estimate of drug-likeness (QED) is 0.288. The Kier molecular flexibility index (Phi) is 9.19. The summed E-state index contributed by atoms with van der Waals surface area (Å²) in [6, 6.07) is 21.9. The number of carboxylic acid groups (broad SMARTS) is 1. The third kappa shape index (κ3) is 6.24. The molecule has 2 N–H and O–H groups in total. The van der Waals surface area contributed by atoms with Gasteiger partial charge in [-0.2, -0.15) is 13.2 Å². The minimum atomic E-state index is -5.08. The van der Waals surface area contributed by atoms with E-state index in [0.717, 1.165) is 27.2 Å². The first-order valence-corrected chi connectivity index (χ1v) is 13.5. The number of hydrogen-bond donors (Lipinski definition) is 2. The maximum absolute atomic E-state index is 13.3. The number of aliphatic carboxylic acids is 1. The third-order valence-electron chi connectivity index (χ3n) is 7.52. The minimum Gasteiger partial charge on any atom is -0.475 e. The number of amides is 2. The second-order valence-corrected chi connectivity index (χ2v) is 10.9. The molecule has 2 fully saturated rings. The van der Waals surface area contributed by atoms with E-state index in [9.17, 15) is 27.6 Å². The molecule has 0 radical (unpaired) electrons. The van der Waals surface area contributed by atoms with Gasteiger partial charge in [-0.25, -0.2) is 4.79 Å². The fourth-order valence-corrected chi connectivity index (χ4v) is 5.81. The molecule has 0 bridgehead atoms. The fraction of sp³-hybridized carbons (Fsp3) is 0.267. The summed E-state index contributed by atoms with van der Waals surface area (Å²) in [5, 5.41) is 11.5. The highest BCUT2D eigenvalue weighted by molar-refractivity contribution is 6.42. The maximum atomic E-state index is 13.3. The van der Waals surface area contributed by atoms with Gasteiger partial charge in [0.15, 0.2) is 0 Å². The number of hydrogen-bond acceptors (Lipinski definition) is 6. The van der Waals surface area contributed by atoms with Gasteiger partial charge in [0, 0.05) is 19.5 Å². The van der Waals surface area contributed by atoms with Crippen molar-refractivity contribution in [3.63, 3.8) is 0 Å². The Bertz CT molecular complexity index is 1550. The van der Waals surface area contributed by atoms with Crippen molar-refractivity contribution < 1.29 is 42.2 Å². The Hall–Kier alpha value is -3.93. The molecule has 5 rings (SSSR count). The normalized spacial score (nSPS) is 23.0. The summed E-state index contributed by atoms with van der Waals surface area (Å²) in [7, 11) is 2.77. The van der Waals surface area contributed by atoms with E-state index in [1.165, 1.54) is 14.2 Å². The third-order valence-corrected chi connectivity index (χ3v) is 8.25. The van der Waals surface area contributed by atoms with Crippen LogP contribution >= 0.6 is 23.2 Å². The van der Waals surface area contributed by atoms with Crippen molar-refractivity contribution in [1.82, 2.24) is 10.2 Å². The van der Waals surface area contributed by atoms with Crippen LogP contribution < -0.4 is 5.32 Å². The van der Waals surface area contributed by atoms with Gasteiger partial charge in [0.1, 0.15) is 5.54 Å². The average molecular weight is 637 g/mol. The number of benzene rings is 3. The van der Waals surface area contributed by atoms with E-state index in [1.807, 2.05) is 60.7 Å². The Morgan fingerprint density at radius 3 is 2.07 bits per heavy atom. The van der Waals surface area contributed by atoms with Crippen LogP contribution in [0.5, 0.6) is 0 Å². The Morgan fingerprint density at radius 1 is 0.953 bits per heavy atom. The van der Waals surface area contributed by atoms with Gasteiger partial charge in [-0.05, 0) is 34.4 Å². The number of methoxy groups -OCH3 is 1. The molecule has 0 saturated carbocycles. The molecule has 8 nitrogen and oxygen atoms in total. The molecule has 2 amide bonds. The van der Waals surface area contributed by atoms with Gasteiger partial charge in [0.2, 0.25) is 11.8 Å². The van der Waals surface area contributed by atoms with Gasteiger partial charge < -0.3 is 9.84 Å². The molecule has 226 valence electrons. The zero-order chi connectivity index (χ0) is 31.7. The second-order valence-electron chi connectivity index (χ2n) is 10.0. The predicted octanol–water partition coefficient (Wildman–Crippen LogP) is 5.32. The standard InChI is InChI=1S/C28H24Cl2N2O4.C2HF3O2/c1-32-25(33)22-23(26(32)34)28(27(35)36-2,15-16-6-4-3-5-7-16)31-24(22)18-10-8-17(9-11-18)19-12-13-20(29)21(30)14-19;3-2(4,5)1(6)7/h3-14,22-24,31H,15H2,1-2H3;(H,6,7)/t22-,23-,24-,28-;/m1./s1. The number of carbonyl (C=O) groups excluding carboxylic acids is 3. The molecular weight excluding hydrogens is 612 g/mol. The number of carbonyl (C=O) groups is 4. The lowest BCUT2D eigenvalue weighted by Gasteiger charge is -2.32. The lowest BCUT2D eigenvalue weighted by Crippen LogP contribution is -2.57. The lowest BCUT2D eigenvalue weighted by molar-refractivity contribution is -0.192. The summed E-state index contributed by atoms with van der Waals surface area (Å²) in [5.74, 6) is -5.63. The number of ether oxygens (including phenoxy) is 1. The van der Waals surface area contributed by atoms with Crippen LogP contribution in [0.4, 0.5) is 13.2 Å². The minimum absolute atomic E-state index is 0.215. The Balaban J connectivity index is 0.000000541. The molecule has 0 unspecified atom stereocenters. The van der Waals surface area contributed by atoms with Crippen molar-refractivity contribution in [3.8, 4) is 11.1 Å². The van der Waals surface area contributed by atoms with Crippen molar-refractivity contribution in [2.24, 2.45) is 11.8 Å². The fourth-order valence-electron chi connectivity index (χ4n) is 5.51. The molecule has 2 aliphatic heterocycles. The van der Waals surface area contributed by atoms with Crippen LogP contribution in [-0.2, 0) is 30.3 Å². The van der Waals surface area contributed by atoms with Crippen LogP contribution in [-0.4, -0.2) is 59.6 Å². The van der Waals surface area contributed by atoms with Gasteiger partial charge in [-0.1, -0.05) is 83.9 Å². The van der Waals surface area contributed by atoms with Gasteiger partial charge in [-0.3, -0.25) is 24.6 Å². The SMILES string of the molecule is COC(=O)[C@]1(Cc2ccccc2)N[C@H](c2ccc(-c3ccc(Cl)c(Cl)c3)cc2)[C@@H]2C(=O)N(C)C(=O)[C@@H]21.O=C(O)C(F)(F)F.